The van der Waals surface area contributed by atoms with Crippen molar-refractivity contribution in [2.75, 3.05) is 5.73 Å². The Morgan fingerprint density at radius 1 is 1.35 bits per heavy atom. The van der Waals surface area contributed by atoms with Crippen molar-refractivity contribution >= 4 is 5.69 Å². The maximum Gasteiger partial charge on any atom is 0.416 e. The molecular weight excluding hydrogens is 229 g/mol. The van der Waals surface area contributed by atoms with Gasteiger partial charge in [-0.3, -0.25) is 0 Å². The third-order valence-electron chi connectivity index (χ3n) is 2.93. The number of benzene rings is 1. The molecule has 2 N–H and O–H groups in total. The van der Waals surface area contributed by atoms with E-state index < -0.39 is 17.2 Å². The number of nitriles is 1. The van der Waals surface area contributed by atoms with Crippen LogP contribution in [0.1, 0.15) is 31.4 Å². The van der Waals surface area contributed by atoms with Crippen LogP contribution in [-0.2, 0) is 11.6 Å². The molecule has 0 aliphatic heterocycles. The summed E-state index contributed by atoms with van der Waals surface area (Å²) in [5, 5.41) is 9.06. The molecule has 0 bridgehead atoms. The van der Waals surface area contributed by atoms with E-state index in [1.54, 1.807) is 13.8 Å². The molecule has 0 aromatic heterocycles. The monoisotopic (exact) mass is 242 g/mol. The quantitative estimate of drug-likeness (QED) is 0.807. The SMILES string of the molecule is CCC(C)(C#N)c1ccc(C(F)(F)F)cc1N. The standard InChI is InChI=1S/C12H13F3N2/c1-3-11(2,7-16)9-5-4-8(6-10(9)17)12(13,14)15/h4-6H,3,17H2,1-2H3. The predicted octanol–water partition coefficient (Wildman–Crippen LogP) is 3.48. The van der Waals surface area contributed by atoms with Crippen LogP contribution in [0.5, 0.6) is 0 Å². The molecule has 0 saturated heterocycles. The average Bonchev–Trinajstić information content (AvgIpc) is 2.26. The second-order valence-electron chi connectivity index (χ2n) is 4.10. The van der Waals surface area contributed by atoms with E-state index in [9.17, 15) is 13.2 Å². The van der Waals surface area contributed by atoms with Crippen LogP contribution >= 0.6 is 0 Å². The normalized spacial score (nSPS) is 15.1. The van der Waals surface area contributed by atoms with Crippen LogP contribution in [0.3, 0.4) is 0 Å². The molecule has 1 aromatic carbocycles. The van der Waals surface area contributed by atoms with E-state index in [0.717, 1.165) is 12.1 Å². The highest BCUT2D eigenvalue weighted by Crippen LogP contribution is 2.36. The maximum atomic E-state index is 12.4. The Hall–Kier alpha value is -1.70. The van der Waals surface area contributed by atoms with E-state index in [2.05, 4.69) is 6.07 Å². The first kappa shape index (κ1) is 13.4. The first-order valence-corrected chi connectivity index (χ1v) is 5.13. The highest BCUT2D eigenvalue weighted by Gasteiger charge is 2.33. The summed E-state index contributed by atoms with van der Waals surface area (Å²) in [5.74, 6) is 0. The molecule has 1 unspecified atom stereocenters. The zero-order valence-corrected chi connectivity index (χ0v) is 9.60. The largest absolute Gasteiger partial charge is 0.416 e. The molecule has 92 valence electrons. The summed E-state index contributed by atoms with van der Waals surface area (Å²) < 4.78 is 37.3. The van der Waals surface area contributed by atoms with Gasteiger partial charge in [-0.15, -0.1) is 0 Å². The minimum atomic E-state index is -4.41. The molecule has 1 aromatic rings. The zero-order chi connectivity index (χ0) is 13.3. The van der Waals surface area contributed by atoms with Crippen molar-refractivity contribution in [1.29, 1.82) is 5.26 Å². The van der Waals surface area contributed by atoms with E-state index in [4.69, 9.17) is 11.0 Å². The lowest BCUT2D eigenvalue weighted by molar-refractivity contribution is -0.137. The molecule has 0 radical (unpaired) electrons. The number of nitrogens with zero attached hydrogens (tertiary/aromatic N) is 1. The van der Waals surface area contributed by atoms with Gasteiger partial charge in [-0.05, 0) is 31.0 Å². The first-order valence-electron chi connectivity index (χ1n) is 5.13. The Balaban J connectivity index is 3.29. The van der Waals surface area contributed by atoms with Gasteiger partial charge in [0.25, 0.3) is 0 Å². The van der Waals surface area contributed by atoms with Gasteiger partial charge in [-0.1, -0.05) is 13.0 Å². The van der Waals surface area contributed by atoms with Gasteiger partial charge in [0.05, 0.1) is 17.0 Å². The fourth-order valence-corrected chi connectivity index (χ4v) is 1.57. The van der Waals surface area contributed by atoms with Crippen LogP contribution in [0.25, 0.3) is 0 Å². The van der Waals surface area contributed by atoms with Crippen LogP contribution in [0, 0.1) is 11.3 Å². The molecule has 0 aliphatic rings. The van der Waals surface area contributed by atoms with Gasteiger partial charge >= 0.3 is 6.18 Å². The molecule has 5 heteroatoms. The lowest BCUT2D eigenvalue weighted by atomic mass is 9.80. The Bertz CT molecular complexity index is 460. The molecule has 0 amide bonds. The molecule has 0 heterocycles. The van der Waals surface area contributed by atoms with Gasteiger partial charge in [-0.25, -0.2) is 0 Å². The van der Waals surface area contributed by atoms with Gasteiger partial charge in [0.15, 0.2) is 0 Å². The molecule has 0 aliphatic carbocycles. The van der Waals surface area contributed by atoms with Crippen molar-refractivity contribution in [1.82, 2.24) is 0 Å². The van der Waals surface area contributed by atoms with Crippen molar-refractivity contribution in [3.8, 4) is 6.07 Å². The summed E-state index contributed by atoms with van der Waals surface area (Å²) in [6.07, 6.45) is -3.93. The zero-order valence-electron chi connectivity index (χ0n) is 9.60. The van der Waals surface area contributed by atoms with E-state index >= 15 is 0 Å². The maximum absolute atomic E-state index is 12.4. The summed E-state index contributed by atoms with van der Waals surface area (Å²) in [7, 11) is 0. The number of hydrogen-bond acceptors (Lipinski definition) is 2. The Labute approximate surface area is 97.9 Å². The summed E-state index contributed by atoms with van der Waals surface area (Å²) in [6.45, 7) is 3.45. The minimum absolute atomic E-state index is 0.00530. The molecule has 1 atom stereocenters. The van der Waals surface area contributed by atoms with Crippen LogP contribution in [0.15, 0.2) is 18.2 Å². The van der Waals surface area contributed by atoms with Crippen molar-refractivity contribution in [3.63, 3.8) is 0 Å². The van der Waals surface area contributed by atoms with Crippen molar-refractivity contribution in [2.24, 2.45) is 0 Å². The highest BCUT2D eigenvalue weighted by atomic mass is 19.4. The summed E-state index contributed by atoms with van der Waals surface area (Å²) in [5.41, 5.74) is 4.40. The van der Waals surface area contributed by atoms with Gasteiger partial charge in [0.2, 0.25) is 0 Å². The van der Waals surface area contributed by atoms with Crippen LogP contribution in [0.4, 0.5) is 18.9 Å². The lowest BCUT2D eigenvalue weighted by Crippen LogP contribution is -2.20. The summed E-state index contributed by atoms with van der Waals surface area (Å²) in [4.78, 5) is 0. The molecule has 1 rings (SSSR count). The number of hydrogen-bond donors (Lipinski definition) is 1. The van der Waals surface area contributed by atoms with E-state index in [1.165, 1.54) is 6.07 Å². The van der Waals surface area contributed by atoms with Gasteiger partial charge in [-0.2, -0.15) is 18.4 Å². The lowest BCUT2D eigenvalue weighted by Gasteiger charge is -2.22. The molecular formula is C12H13F3N2. The third-order valence-corrected chi connectivity index (χ3v) is 2.93. The van der Waals surface area contributed by atoms with Crippen molar-refractivity contribution in [2.45, 2.75) is 31.9 Å². The van der Waals surface area contributed by atoms with Crippen LogP contribution < -0.4 is 5.73 Å². The average molecular weight is 242 g/mol. The molecule has 0 saturated carbocycles. The second kappa shape index (κ2) is 4.28. The van der Waals surface area contributed by atoms with E-state index in [0.29, 0.717) is 12.0 Å². The van der Waals surface area contributed by atoms with Gasteiger partial charge in [0, 0.05) is 5.69 Å². The fourth-order valence-electron chi connectivity index (χ4n) is 1.57. The highest BCUT2D eigenvalue weighted by molar-refractivity contribution is 5.55. The van der Waals surface area contributed by atoms with Crippen molar-refractivity contribution in [3.05, 3.63) is 29.3 Å². The molecule has 0 spiro atoms. The van der Waals surface area contributed by atoms with E-state index in [-0.39, 0.29) is 5.69 Å². The number of alkyl halides is 3. The minimum Gasteiger partial charge on any atom is -0.398 e. The molecule has 17 heavy (non-hydrogen) atoms. The topological polar surface area (TPSA) is 49.8 Å². The first-order chi connectivity index (χ1) is 7.74. The molecule has 2 nitrogen and oxygen atoms in total. The summed E-state index contributed by atoms with van der Waals surface area (Å²) >= 11 is 0. The Kier molecular flexibility index (Phi) is 3.37. The van der Waals surface area contributed by atoms with Crippen LogP contribution in [0.2, 0.25) is 0 Å². The Morgan fingerprint density at radius 2 is 1.94 bits per heavy atom. The van der Waals surface area contributed by atoms with E-state index in [1.807, 2.05) is 0 Å². The Morgan fingerprint density at radius 3 is 2.29 bits per heavy atom. The summed E-state index contributed by atoms with van der Waals surface area (Å²) in [6, 6.07) is 5.20. The fraction of sp³-hybridized carbons (Fsp3) is 0.417. The predicted molar refractivity (Wildman–Crippen MR) is 59.1 cm³/mol. The second-order valence-corrected chi connectivity index (χ2v) is 4.10. The van der Waals surface area contributed by atoms with Gasteiger partial charge in [0.1, 0.15) is 0 Å². The third kappa shape index (κ3) is 2.52. The number of nitrogens with two attached hydrogens (primary N) is 1. The van der Waals surface area contributed by atoms with Crippen molar-refractivity contribution < 1.29 is 13.2 Å². The number of nitrogen functional groups attached to an aromatic ring is 1. The van der Waals surface area contributed by atoms with Gasteiger partial charge < -0.3 is 5.73 Å². The number of halogens is 3. The number of rotatable bonds is 2. The number of anilines is 1. The molecule has 0 fully saturated rings. The van der Waals surface area contributed by atoms with Crippen LogP contribution in [-0.4, -0.2) is 0 Å². The smallest absolute Gasteiger partial charge is 0.398 e.